The van der Waals surface area contributed by atoms with Crippen LogP contribution in [0, 0.1) is 5.82 Å². The minimum atomic E-state index is -0.289. The molecule has 0 amide bonds. The van der Waals surface area contributed by atoms with Gasteiger partial charge in [0.2, 0.25) is 0 Å². The zero-order chi connectivity index (χ0) is 12.1. The lowest BCUT2D eigenvalue weighted by Crippen LogP contribution is -2.30. The predicted octanol–water partition coefficient (Wildman–Crippen LogP) is 2.44. The highest BCUT2D eigenvalue weighted by Gasteiger charge is 2.17. The van der Waals surface area contributed by atoms with E-state index in [0.717, 1.165) is 38.1 Å². The fraction of sp³-hybridized carbons (Fsp3) is 0.615. The topological polar surface area (TPSA) is 34.1 Å². The Bertz CT molecular complexity index is 336. The van der Waals surface area contributed by atoms with Crippen LogP contribution in [0.4, 0.5) is 4.39 Å². The van der Waals surface area contributed by atoms with E-state index in [1.54, 1.807) is 6.07 Å². The van der Waals surface area contributed by atoms with Gasteiger partial charge < -0.3 is 10.1 Å². The Morgan fingerprint density at radius 3 is 3.06 bits per heavy atom. The zero-order valence-electron chi connectivity index (χ0n) is 10.2. The second-order valence-electron chi connectivity index (χ2n) is 4.41. The van der Waals surface area contributed by atoms with Crippen molar-refractivity contribution >= 4 is 0 Å². The van der Waals surface area contributed by atoms with Crippen LogP contribution >= 0.6 is 0 Å². The highest BCUT2D eigenvalue weighted by Crippen LogP contribution is 2.16. The van der Waals surface area contributed by atoms with E-state index in [1.165, 1.54) is 12.3 Å². The molecule has 1 N–H and O–H groups in total. The van der Waals surface area contributed by atoms with Crippen molar-refractivity contribution in [1.29, 1.82) is 0 Å². The van der Waals surface area contributed by atoms with Gasteiger partial charge in [0.25, 0.3) is 0 Å². The van der Waals surface area contributed by atoms with E-state index in [0.29, 0.717) is 6.10 Å². The van der Waals surface area contributed by atoms with Crippen LogP contribution in [-0.2, 0) is 4.74 Å². The number of ether oxygens (including phenoxy) is 1. The standard InChI is InChI=1S/C13H19FN2O/c1-2-12(13-6-5-10(14)8-15-13)16-9-11-4-3-7-17-11/h5-6,8,11-12,16H,2-4,7,9H2,1H3. The Morgan fingerprint density at radius 1 is 1.59 bits per heavy atom. The molecule has 1 saturated heterocycles. The Balaban J connectivity index is 1.89. The third kappa shape index (κ3) is 3.48. The van der Waals surface area contributed by atoms with Crippen LogP contribution in [0.5, 0.6) is 0 Å². The summed E-state index contributed by atoms with van der Waals surface area (Å²) >= 11 is 0. The summed E-state index contributed by atoms with van der Waals surface area (Å²) in [6.45, 7) is 3.81. The fourth-order valence-corrected chi connectivity index (χ4v) is 2.13. The molecular weight excluding hydrogens is 219 g/mol. The molecule has 0 saturated carbocycles. The molecule has 2 unspecified atom stereocenters. The van der Waals surface area contributed by atoms with Crippen molar-refractivity contribution in [2.45, 2.75) is 38.3 Å². The molecule has 2 heterocycles. The summed E-state index contributed by atoms with van der Waals surface area (Å²) in [6.07, 6.45) is 4.81. The van der Waals surface area contributed by atoms with Gasteiger partial charge in [-0.1, -0.05) is 6.92 Å². The van der Waals surface area contributed by atoms with Gasteiger partial charge in [0.15, 0.2) is 0 Å². The van der Waals surface area contributed by atoms with Gasteiger partial charge in [-0.3, -0.25) is 4.98 Å². The average Bonchev–Trinajstić information content (AvgIpc) is 2.85. The normalized spacial score (nSPS) is 21.6. The van der Waals surface area contributed by atoms with Gasteiger partial charge in [0, 0.05) is 19.2 Å². The van der Waals surface area contributed by atoms with Crippen LogP contribution in [0.15, 0.2) is 18.3 Å². The third-order valence-corrected chi connectivity index (χ3v) is 3.13. The summed E-state index contributed by atoms with van der Waals surface area (Å²) in [5, 5.41) is 3.44. The Hall–Kier alpha value is -1.00. The van der Waals surface area contributed by atoms with E-state index >= 15 is 0 Å². The van der Waals surface area contributed by atoms with Crippen LogP contribution in [-0.4, -0.2) is 24.2 Å². The summed E-state index contributed by atoms with van der Waals surface area (Å²) in [6, 6.07) is 3.38. The number of hydrogen-bond donors (Lipinski definition) is 1. The Labute approximate surface area is 101 Å². The molecule has 0 spiro atoms. The molecule has 4 heteroatoms. The van der Waals surface area contributed by atoms with Crippen molar-refractivity contribution < 1.29 is 9.13 Å². The van der Waals surface area contributed by atoms with Gasteiger partial charge in [-0.2, -0.15) is 0 Å². The summed E-state index contributed by atoms with van der Waals surface area (Å²) < 4.78 is 18.3. The van der Waals surface area contributed by atoms with Crippen molar-refractivity contribution in [3.05, 3.63) is 29.8 Å². The van der Waals surface area contributed by atoms with Gasteiger partial charge in [0.1, 0.15) is 5.82 Å². The van der Waals surface area contributed by atoms with E-state index in [1.807, 2.05) is 0 Å². The van der Waals surface area contributed by atoms with Gasteiger partial charge in [0.05, 0.1) is 18.0 Å². The largest absolute Gasteiger partial charge is 0.377 e. The van der Waals surface area contributed by atoms with Gasteiger partial charge in [-0.15, -0.1) is 0 Å². The monoisotopic (exact) mass is 238 g/mol. The lowest BCUT2D eigenvalue weighted by Gasteiger charge is -2.18. The number of halogens is 1. The zero-order valence-corrected chi connectivity index (χ0v) is 10.2. The lowest BCUT2D eigenvalue weighted by molar-refractivity contribution is 0.107. The van der Waals surface area contributed by atoms with Crippen LogP contribution in [0.1, 0.15) is 37.9 Å². The quantitative estimate of drug-likeness (QED) is 0.855. The molecule has 0 aromatic carbocycles. The van der Waals surface area contributed by atoms with Gasteiger partial charge in [-0.25, -0.2) is 4.39 Å². The summed E-state index contributed by atoms with van der Waals surface area (Å²) in [5.74, 6) is -0.289. The predicted molar refractivity (Wildman–Crippen MR) is 64.2 cm³/mol. The third-order valence-electron chi connectivity index (χ3n) is 3.13. The molecule has 1 aliphatic heterocycles. The molecule has 0 aliphatic carbocycles. The first-order chi connectivity index (χ1) is 8.29. The average molecular weight is 238 g/mol. The lowest BCUT2D eigenvalue weighted by atomic mass is 10.1. The van der Waals surface area contributed by atoms with E-state index in [9.17, 15) is 4.39 Å². The number of aromatic nitrogens is 1. The molecule has 0 bridgehead atoms. The number of nitrogens with one attached hydrogen (secondary N) is 1. The van der Waals surface area contributed by atoms with Crippen molar-refractivity contribution in [3.8, 4) is 0 Å². The highest BCUT2D eigenvalue weighted by atomic mass is 19.1. The fourth-order valence-electron chi connectivity index (χ4n) is 2.13. The first-order valence-corrected chi connectivity index (χ1v) is 6.26. The number of hydrogen-bond acceptors (Lipinski definition) is 3. The minimum absolute atomic E-state index is 0.180. The molecule has 1 aromatic rings. The molecule has 1 fully saturated rings. The molecule has 1 aliphatic rings. The second kappa shape index (κ2) is 6.07. The smallest absolute Gasteiger partial charge is 0.141 e. The van der Waals surface area contributed by atoms with E-state index < -0.39 is 0 Å². The Morgan fingerprint density at radius 2 is 2.47 bits per heavy atom. The molecule has 1 aromatic heterocycles. The maximum absolute atomic E-state index is 12.8. The van der Waals surface area contributed by atoms with Crippen molar-refractivity contribution in [1.82, 2.24) is 10.3 Å². The molecule has 2 atom stereocenters. The molecule has 2 rings (SSSR count). The summed E-state index contributed by atoms with van der Waals surface area (Å²) in [7, 11) is 0. The Kier molecular flexibility index (Phi) is 4.45. The molecule has 17 heavy (non-hydrogen) atoms. The summed E-state index contributed by atoms with van der Waals surface area (Å²) in [5.41, 5.74) is 0.895. The number of rotatable bonds is 5. The van der Waals surface area contributed by atoms with Crippen molar-refractivity contribution in [3.63, 3.8) is 0 Å². The maximum Gasteiger partial charge on any atom is 0.141 e. The summed E-state index contributed by atoms with van der Waals surface area (Å²) in [4.78, 5) is 4.12. The molecule has 3 nitrogen and oxygen atoms in total. The molecular formula is C13H19FN2O. The van der Waals surface area contributed by atoms with Gasteiger partial charge in [-0.05, 0) is 31.4 Å². The van der Waals surface area contributed by atoms with E-state index in [-0.39, 0.29) is 11.9 Å². The van der Waals surface area contributed by atoms with Crippen molar-refractivity contribution in [2.75, 3.05) is 13.2 Å². The highest BCUT2D eigenvalue weighted by molar-refractivity contribution is 5.09. The van der Waals surface area contributed by atoms with Gasteiger partial charge >= 0.3 is 0 Å². The minimum Gasteiger partial charge on any atom is -0.377 e. The van der Waals surface area contributed by atoms with Crippen LogP contribution in [0.2, 0.25) is 0 Å². The number of nitrogens with zero attached hydrogens (tertiary/aromatic N) is 1. The van der Waals surface area contributed by atoms with Crippen molar-refractivity contribution in [2.24, 2.45) is 0 Å². The van der Waals surface area contributed by atoms with Crippen LogP contribution in [0.3, 0.4) is 0 Å². The molecule has 0 radical (unpaired) electrons. The maximum atomic E-state index is 12.8. The SMILES string of the molecule is CCC(NCC1CCCO1)c1ccc(F)cn1. The van der Waals surface area contributed by atoms with E-state index in [4.69, 9.17) is 4.74 Å². The number of pyridine rings is 1. The first kappa shape index (κ1) is 12.5. The first-order valence-electron chi connectivity index (χ1n) is 6.26. The molecule has 94 valence electrons. The second-order valence-corrected chi connectivity index (χ2v) is 4.41. The van der Waals surface area contributed by atoms with E-state index in [2.05, 4.69) is 17.2 Å². The van der Waals surface area contributed by atoms with Crippen LogP contribution < -0.4 is 5.32 Å². The van der Waals surface area contributed by atoms with Crippen LogP contribution in [0.25, 0.3) is 0 Å².